The number of rotatable bonds is 6. The topological polar surface area (TPSA) is 35.0 Å². The molecule has 2 aromatic heterocycles. The molecule has 5 heteroatoms. The quantitative estimate of drug-likeness (QED) is 0.224. The van der Waals surface area contributed by atoms with Crippen LogP contribution in [0.4, 0.5) is 0 Å². The summed E-state index contributed by atoms with van der Waals surface area (Å²) >= 11 is 3.39. The molecule has 0 aliphatic rings. The molecule has 0 saturated carbocycles. The summed E-state index contributed by atoms with van der Waals surface area (Å²) in [5.41, 5.74) is 4.91. The minimum absolute atomic E-state index is 0.642. The Labute approximate surface area is 167 Å². The lowest BCUT2D eigenvalue weighted by atomic mass is 10.1. The second kappa shape index (κ2) is 8.11. The number of hydrogen-bond acceptors (Lipinski definition) is 5. The van der Waals surface area contributed by atoms with Crippen molar-refractivity contribution in [2.24, 2.45) is 0 Å². The fraction of sp³-hybridized carbons (Fsp3) is 0.182. The fourth-order valence-corrected chi connectivity index (χ4v) is 4.65. The molecule has 0 amide bonds. The van der Waals surface area contributed by atoms with Crippen LogP contribution in [0.5, 0.6) is 5.75 Å². The zero-order chi connectivity index (χ0) is 18.6. The van der Waals surface area contributed by atoms with Crippen LogP contribution in [-0.4, -0.2) is 22.3 Å². The molecule has 0 aliphatic carbocycles. The number of benzene rings is 2. The van der Waals surface area contributed by atoms with Crippen LogP contribution in [0.15, 0.2) is 65.3 Å². The molecule has 4 aromatic rings. The van der Waals surface area contributed by atoms with Gasteiger partial charge in [-0.2, -0.15) is 0 Å². The number of thiophene rings is 1. The Morgan fingerprint density at radius 2 is 1.63 bits per heavy atom. The van der Waals surface area contributed by atoms with E-state index in [1.54, 1.807) is 29.4 Å². The first-order valence-electron chi connectivity index (χ1n) is 8.82. The van der Waals surface area contributed by atoms with Gasteiger partial charge in [-0.3, -0.25) is 0 Å². The average Bonchev–Trinajstić information content (AvgIpc) is 3.12. The highest BCUT2D eigenvalue weighted by Crippen LogP contribution is 2.37. The van der Waals surface area contributed by atoms with Crippen molar-refractivity contribution in [1.82, 2.24) is 9.97 Å². The van der Waals surface area contributed by atoms with Crippen LogP contribution in [0.2, 0.25) is 0 Å². The van der Waals surface area contributed by atoms with Crippen molar-refractivity contribution in [3.8, 4) is 16.9 Å². The molecule has 2 aromatic carbocycles. The number of nitrogens with zero attached hydrogens (tertiary/aromatic N) is 2. The molecule has 0 unspecified atom stereocenters. The molecular formula is C22H20N2OS2. The van der Waals surface area contributed by atoms with Crippen LogP contribution in [-0.2, 0) is 0 Å². The minimum Gasteiger partial charge on any atom is -0.493 e. The van der Waals surface area contributed by atoms with Crippen LogP contribution in [0, 0.1) is 13.8 Å². The van der Waals surface area contributed by atoms with Gasteiger partial charge in [-0.25, -0.2) is 9.97 Å². The minimum atomic E-state index is 0.642. The van der Waals surface area contributed by atoms with Crippen molar-refractivity contribution < 1.29 is 4.74 Å². The second-order valence-corrected chi connectivity index (χ2v) is 8.33. The summed E-state index contributed by atoms with van der Waals surface area (Å²) in [6.07, 6.45) is 1.65. The Hall–Kier alpha value is -2.37. The zero-order valence-electron chi connectivity index (χ0n) is 15.3. The third kappa shape index (κ3) is 4.15. The van der Waals surface area contributed by atoms with Crippen molar-refractivity contribution >= 4 is 33.3 Å². The Balaban J connectivity index is 1.50. The smallest absolute Gasteiger partial charge is 0.128 e. The van der Waals surface area contributed by atoms with Gasteiger partial charge in [0.2, 0.25) is 0 Å². The van der Waals surface area contributed by atoms with E-state index in [2.05, 4.69) is 65.6 Å². The van der Waals surface area contributed by atoms with Gasteiger partial charge in [-0.05, 0) is 31.5 Å². The first-order chi connectivity index (χ1) is 13.2. The summed E-state index contributed by atoms with van der Waals surface area (Å²) in [4.78, 5) is 10.0. The van der Waals surface area contributed by atoms with Gasteiger partial charge in [0.25, 0.3) is 0 Å². The van der Waals surface area contributed by atoms with Crippen molar-refractivity contribution in [3.63, 3.8) is 0 Å². The van der Waals surface area contributed by atoms with E-state index in [9.17, 15) is 0 Å². The van der Waals surface area contributed by atoms with Gasteiger partial charge >= 0.3 is 0 Å². The third-order valence-electron chi connectivity index (χ3n) is 4.31. The molecular weight excluding hydrogens is 372 g/mol. The van der Waals surface area contributed by atoms with E-state index < -0.39 is 0 Å². The van der Waals surface area contributed by atoms with Crippen LogP contribution >= 0.6 is 23.1 Å². The summed E-state index contributed by atoms with van der Waals surface area (Å²) in [7, 11) is 0. The highest BCUT2D eigenvalue weighted by atomic mass is 32.2. The van der Waals surface area contributed by atoms with Crippen molar-refractivity contribution in [1.29, 1.82) is 0 Å². The van der Waals surface area contributed by atoms with Gasteiger partial charge in [0.15, 0.2) is 0 Å². The normalized spacial score (nSPS) is 11.0. The summed E-state index contributed by atoms with van der Waals surface area (Å²) in [5.74, 6) is 1.74. The fourth-order valence-electron chi connectivity index (χ4n) is 2.84. The third-order valence-corrected chi connectivity index (χ3v) is 6.15. The van der Waals surface area contributed by atoms with Gasteiger partial charge < -0.3 is 4.74 Å². The van der Waals surface area contributed by atoms with Crippen LogP contribution in [0.1, 0.15) is 11.1 Å². The van der Waals surface area contributed by atoms with E-state index in [0.717, 1.165) is 26.7 Å². The molecule has 0 saturated heterocycles. The maximum absolute atomic E-state index is 5.84. The lowest BCUT2D eigenvalue weighted by Crippen LogP contribution is -2.00. The van der Waals surface area contributed by atoms with Gasteiger partial charge in [0.05, 0.1) is 12.0 Å². The molecule has 0 fully saturated rings. The second-order valence-electron chi connectivity index (χ2n) is 6.38. The van der Waals surface area contributed by atoms with Gasteiger partial charge in [0, 0.05) is 16.7 Å². The Morgan fingerprint density at radius 1 is 0.926 bits per heavy atom. The molecule has 0 bridgehead atoms. The zero-order valence-corrected chi connectivity index (χ0v) is 16.9. The van der Waals surface area contributed by atoms with Crippen LogP contribution < -0.4 is 4.74 Å². The summed E-state index contributed by atoms with van der Waals surface area (Å²) in [5, 5.41) is 4.34. The number of thioether (sulfide) groups is 1. The molecule has 3 nitrogen and oxygen atoms in total. The Bertz CT molecular complexity index is 1040. The van der Waals surface area contributed by atoms with Crippen molar-refractivity contribution in [2.75, 3.05) is 12.4 Å². The number of aromatic nitrogens is 2. The van der Waals surface area contributed by atoms with Gasteiger partial charge in [-0.1, -0.05) is 47.5 Å². The van der Waals surface area contributed by atoms with Crippen LogP contribution in [0.25, 0.3) is 21.3 Å². The van der Waals surface area contributed by atoms with Gasteiger partial charge in [-0.15, -0.1) is 23.1 Å². The number of ether oxygens (including phenoxy) is 1. The van der Waals surface area contributed by atoms with Crippen molar-refractivity contribution in [2.45, 2.75) is 18.9 Å². The largest absolute Gasteiger partial charge is 0.493 e. The summed E-state index contributed by atoms with van der Waals surface area (Å²) in [6.45, 7) is 4.82. The maximum Gasteiger partial charge on any atom is 0.128 e. The highest BCUT2D eigenvalue weighted by molar-refractivity contribution is 7.99. The molecule has 27 heavy (non-hydrogen) atoms. The summed E-state index contributed by atoms with van der Waals surface area (Å²) < 4.78 is 5.84. The van der Waals surface area contributed by atoms with E-state index >= 15 is 0 Å². The predicted octanol–water partition coefficient (Wildman–Crippen LogP) is 6.15. The van der Waals surface area contributed by atoms with Gasteiger partial charge in [0.1, 0.15) is 21.9 Å². The van der Waals surface area contributed by atoms with Crippen LogP contribution in [0.3, 0.4) is 0 Å². The molecule has 0 atom stereocenters. The standard InChI is InChI=1S/C22H20N2OS2/c1-15-3-7-17(8-4-15)19-13-27-22-20(19)21(23-14-24-22)26-12-11-25-18-9-5-16(2)6-10-18/h3-10,13-14H,11-12H2,1-2H3. The van der Waals surface area contributed by atoms with E-state index in [1.807, 2.05) is 12.1 Å². The number of fused-ring (bicyclic) bond motifs is 1. The maximum atomic E-state index is 5.84. The predicted molar refractivity (Wildman–Crippen MR) is 115 cm³/mol. The summed E-state index contributed by atoms with van der Waals surface area (Å²) in [6, 6.07) is 16.8. The highest BCUT2D eigenvalue weighted by Gasteiger charge is 2.13. The van der Waals surface area contributed by atoms with Crippen molar-refractivity contribution in [3.05, 3.63) is 71.4 Å². The van der Waals surface area contributed by atoms with E-state index in [0.29, 0.717) is 6.61 Å². The van der Waals surface area contributed by atoms with E-state index in [-0.39, 0.29) is 0 Å². The Kier molecular flexibility index (Phi) is 5.41. The lowest BCUT2D eigenvalue weighted by molar-refractivity contribution is 0.344. The molecule has 0 spiro atoms. The molecule has 136 valence electrons. The average molecular weight is 393 g/mol. The molecule has 4 rings (SSSR count). The molecule has 0 radical (unpaired) electrons. The molecule has 2 heterocycles. The Morgan fingerprint density at radius 3 is 2.37 bits per heavy atom. The van der Waals surface area contributed by atoms with E-state index in [1.165, 1.54) is 22.3 Å². The lowest BCUT2D eigenvalue weighted by Gasteiger charge is -2.08. The monoisotopic (exact) mass is 392 g/mol. The molecule has 0 N–H and O–H groups in total. The number of hydrogen-bond donors (Lipinski definition) is 0. The SMILES string of the molecule is Cc1ccc(OCCSc2ncnc3scc(-c4ccc(C)cc4)c23)cc1. The molecule has 0 aliphatic heterocycles. The number of aryl methyl sites for hydroxylation is 2. The van der Waals surface area contributed by atoms with E-state index in [4.69, 9.17) is 4.74 Å². The first kappa shape index (κ1) is 18.0. The first-order valence-corrected chi connectivity index (χ1v) is 10.7.